The summed E-state index contributed by atoms with van der Waals surface area (Å²) in [6.45, 7) is 7.11. The van der Waals surface area contributed by atoms with Gasteiger partial charge in [0.1, 0.15) is 0 Å². The number of benzene rings is 1. The summed E-state index contributed by atoms with van der Waals surface area (Å²) in [6, 6.07) is 4.02. The Balaban J connectivity index is 1.42. The zero-order valence-corrected chi connectivity index (χ0v) is 16.8. The molecule has 144 valence electrons. The number of hydrogen-bond acceptors (Lipinski definition) is 5. The first-order valence-electron chi connectivity index (χ1n) is 9.33. The van der Waals surface area contributed by atoms with Crippen LogP contribution in [-0.4, -0.2) is 50.4 Å². The van der Waals surface area contributed by atoms with Gasteiger partial charge in [0, 0.05) is 36.7 Å². The number of piperidine rings is 1. The third-order valence-electron chi connectivity index (χ3n) is 4.86. The van der Waals surface area contributed by atoms with Crippen molar-refractivity contribution in [1.82, 2.24) is 10.2 Å². The lowest BCUT2D eigenvalue weighted by atomic mass is 9.95. The standard InChI is InChI=1S/C19H27BrN2O4/c1-2-24-9-3-6-21-19(23)14-4-7-22(8-5-14)12-15-10-17-18(11-16(15)20)26-13-25-17/h10-11,14H,2-9,12-13H2,1H3,(H,21,23). The summed E-state index contributed by atoms with van der Waals surface area (Å²) in [7, 11) is 0. The third-order valence-corrected chi connectivity index (χ3v) is 5.60. The number of likely N-dealkylation sites (tertiary alicyclic amines) is 1. The number of amides is 1. The van der Waals surface area contributed by atoms with Crippen LogP contribution in [0.5, 0.6) is 11.5 Å². The van der Waals surface area contributed by atoms with Crippen molar-refractivity contribution in [3.05, 3.63) is 22.2 Å². The number of carbonyl (C=O) groups excluding carboxylic acids is 1. The number of fused-ring (bicyclic) bond motifs is 1. The van der Waals surface area contributed by atoms with E-state index in [1.54, 1.807) is 0 Å². The van der Waals surface area contributed by atoms with Crippen molar-refractivity contribution in [2.45, 2.75) is 32.7 Å². The SMILES string of the molecule is CCOCCCNC(=O)C1CCN(Cc2cc3c(cc2Br)OCO3)CC1. The van der Waals surface area contributed by atoms with Crippen LogP contribution in [0.15, 0.2) is 16.6 Å². The number of nitrogens with zero attached hydrogens (tertiary/aromatic N) is 1. The quantitative estimate of drug-likeness (QED) is 0.647. The molecule has 1 N–H and O–H groups in total. The fraction of sp³-hybridized carbons (Fsp3) is 0.632. The van der Waals surface area contributed by atoms with Gasteiger partial charge in [-0.1, -0.05) is 15.9 Å². The fourth-order valence-corrected chi connectivity index (χ4v) is 3.80. The number of rotatable bonds is 8. The first kappa shape index (κ1) is 19.5. The Kier molecular flexibility index (Phi) is 7.16. The first-order valence-corrected chi connectivity index (χ1v) is 10.1. The van der Waals surface area contributed by atoms with E-state index in [1.807, 2.05) is 19.1 Å². The van der Waals surface area contributed by atoms with E-state index >= 15 is 0 Å². The van der Waals surface area contributed by atoms with Crippen molar-refractivity contribution in [1.29, 1.82) is 0 Å². The molecule has 6 nitrogen and oxygen atoms in total. The molecule has 0 aliphatic carbocycles. The predicted octanol–water partition coefficient (Wildman–Crippen LogP) is 2.93. The largest absolute Gasteiger partial charge is 0.454 e. The average molecular weight is 427 g/mol. The molecule has 0 atom stereocenters. The fourth-order valence-electron chi connectivity index (χ4n) is 3.35. The number of carbonyl (C=O) groups is 1. The van der Waals surface area contributed by atoms with Gasteiger partial charge in [-0.05, 0) is 57.0 Å². The maximum atomic E-state index is 12.3. The highest BCUT2D eigenvalue weighted by Crippen LogP contribution is 2.37. The second-order valence-corrected chi connectivity index (χ2v) is 7.54. The highest BCUT2D eigenvalue weighted by molar-refractivity contribution is 9.10. The van der Waals surface area contributed by atoms with Crippen molar-refractivity contribution in [2.24, 2.45) is 5.92 Å². The summed E-state index contributed by atoms with van der Waals surface area (Å²) in [5, 5.41) is 3.04. The predicted molar refractivity (Wildman–Crippen MR) is 102 cm³/mol. The third kappa shape index (κ3) is 5.11. The molecule has 0 saturated carbocycles. The molecule has 7 heteroatoms. The van der Waals surface area contributed by atoms with Gasteiger partial charge in [-0.2, -0.15) is 0 Å². The number of ether oxygens (including phenoxy) is 3. The van der Waals surface area contributed by atoms with Crippen LogP contribution in [0.4, 0.5) is 0 Å². The molecule has 2 aliphatic rings. The second kappa shape index (κ2) is 9.58. The van der Waals surface area contributed by atoms with Crippen molar-refractivity contribution >= 4 is 21.8 Å². The number of halogens is 1. The molecule has 1 saturated heterocycles. The molecular weight excluding hydrogens is 400 g/mol. The van der Waals surface area contributed by atoms with Gasteiger partial charge in [0.15, 0.2) is 11.5 Å². The molecule has 2 heterocycles. The summed E-state index contributed by atoms with van der Waals surface area (Å²) < 4.78 is 17.2. The lowest BCUT2D eigenvalue weighted by Crippen LogP contribution is -2.40. The van der Waals surface area contributed by atoms with E-state index in [4.69, 9.17) is 14.2 Å². The number of nitrogens with one attached hydrogen (secondary N) is 1. The van der Waals surface area contributed by atoms with E-state index in [9.17, 15) is 4.79 Å². The lowest BCUT2D eigenvalue weighted by molar-refractivity contribution is -0.126. The Morgan fingerprint density at radius 1 is 1.31 bits per heavy atom. The molecular formula is C19H27BrN2O4. The summed E-state index contributed by atoms with van der Waals surface area (Å²) in [4.78, 5) is 14.7. The van der Waals surface area contributed by atoms with E-state index in [2.05, 4.69) is 26.1 Å². The minimum absolute atomic E-state index is 0.124. The zero-order valence-electron chi connectivity index (χ0n) is 15.3. The molecule has 0 radical (unpaired) electrons. The molecule has 1 amide bonds. The molecule has 2 aliphatic heterocycles. The maximum Gasteiger partial charge on any atom is 0.231 e. The van der Waals surface area contributed by atoms with Crippen LogP contribution in [-0.2, 0) is 16.1 Å². The molecule has 0 unspecified atom stereocenters. The van der Waals surface area contributed by atoms with Gasteiger partial charge >= 0.3 is 0 Å². The molecule has 1 aromatic carbocycles. The summed E-state index contributed by atoms with van der Waals surface area (Å²) in [5.41, 5.74) is 1.19. The van der Waals surface area contributed by atoms with Crippen LogP contribution < -0.4 is 14.8 Å². The highest BCUT2D eigenvalue weighted by Gasteiger charge is 2.25. The first-order chi connectivity index (χ1) is 12.7. The Morgan fingerprint density at radius 2 is 2.04 bits per heavy atom. The van der Waals surface area contributed by atoms with E-state index < -0.39 is 0 Å². The summed E-state index contributed by atoms with van der Waals surface area (Å²) >= 11 is 3.62. The summed E-state index contributed by atoms with van der Waals surface area (Å²) in [5.74, 6) is 1.91. The van der Waals surface area contributed by atoms with E-state index in [-0.39, 0.29) is 18.6 Å². The van der Waals surface area contributed by atoms with E-state index in [1.165, 1.54) is 5.56 Å². The van der Waals surface area contributed by atoms with E-state index in [0.717, 1.165) is 61.5 Å². The van der Waals surface area contributed by atoms with Gasteiger partial charge in [0.05, 0.1) is 0 Å². The van der Waals surface area contributed by atoms with Crippen molar-refractivity contribution in [3.8, 4) is 11.5 Å². The zero-order chi connectivity index (χ0) is 18.4. The van der Waals surface area contributed by atoms with E-state index in [0.29, 0.717) is 13.2 Å². The van der Waals surface area contributed by atoms with Crippen molar-refractivity contribution in [3.63, 3.8) is 0 Å². The molecule has 0 spiro atoms. The minimum Gasteiger partial charge on any atom is -0.454 e. The van der Waals surface area contributed by atoms with Crippen LogP contribution in [0.1, 0.15) is 31.7 Å². The van der Waals surface area contributed by atoms with Crippen LogP contribution >= 0.6 is 15.9 Å². The van der Waals surface area contributed by atoms with Gasteiger partial charge in [0.2, 0.25) is 12.7 Å². The normalized spacial score (nSPS) is 17.5. The van der Waals surface area contributed by atoms with Crippen LogP contribution in [0.2, 0.25) is 0 Å². The van der Waals surface area contributed by atoms with Gasteiger partial charge in [-0.15, -0.1) is 0 Å². The van der Waals surface area contributed by atoms with Gasteiger partial charge in [-0.3, -0.25) is 9.69 Å². The smallest absolute Gasteiger partial charge is 0.231 e. The molecule has 1 aromatic rings. The van der Waals surface area contributed by atoms with Crippen molar-refractivity contribution < 1.29 is 19.0 Å². The van der Waals surface area contributed by atoms with Crippen LogP contribution in [0.25, 0.3) is 0 Å². The second-order valence-electron chi connectivity index (χ2n) is 6.69. The highest BCUT2D eigenvalue weighted by atomic mass is 79.9. The number of hydrogen-bond donors (Lipinski definition) is 1. The molecule has 0 aromatic heterocycles. The van der Waals surface area contributed by atoms with Crippen LogP contribution in [0.3, 0.4) is 0 Å². The lowest BCUT2D eigenvalue weighted by Gasteiger charge is -2.31. The monoisotopic (exact) mass is 426 g/mol. The molecule has 0 bridgehead atoms. The van der Waals surface area contributed by atoms with Crippen LogP contribution in [0, 0.1) is 5.92 Å². The molecule has 1 fully saturated rings. The topological polar surface area (TPSA) is 60.0 Å². The minimum atomic E-state index is 0.124. The van der Waals surface area contributed by atoms with Gasteiger partial charge in [-0.25, -0.2) is 0 Å². The Bertz CT molecular complexity index is 618. The summed E-state index contributed by atoms with van der Waals surface area (Å²) in [6.07, 6.45) is 2.68. The Labute approximate surface area is 163 Å². The van der Waals surface area contributed by atoms with Crippen molar-refractivity contribution in [2.75, 3.05) is 39.6 Å². The van der Waals surface area contributed by atoms with Gasteiger partial charge in [0.25, 0.3) is 0 Å². The Hall–Kier alpha value is -1.31. The van der Waals surface area contributed by atoms with Gasteiger partial charge < -0.3 is 19.5 Å². The average Bonchev–Trinajstić information content (AvgIpc) is 3.09. The molecule has 26 heavy (non-hydrogen) atoms. The maximum absolute atomic E-state index is 12.3. The Morgan fingerprint density at radius 3 is 2.77 bits per heavy atom. The molecule has 3 rings (SSSR count).